The van der Waals surface area contributed by atoms with Gasteiger partial charge in [-0.05, 0) is 32.4 Å². The minimum atomic E-state index is -0.183. The minimum absolute atomic E-state index is 0.0999. The number of fused-ring (bicyclic) bond motifs is 1. The second-order valence-corrected chi connectivity index (χ2v) is 6.53. The average Bonchev–Trinajstić information content (AvgIpc) is 3.32. The first-order valence-corrected chi connectivity index (χ1v) is 8.42. The van der Waals surface area contributed by atoms with Gasteiger partial charge in [0.15, 0.2) is 12.0 Å². The zero-order valence-electron chi connectivity index (χ0n) is 14.6. The van der Waals surface area contributed by atoms with Crippen molar-refractivity contribution in [1.29, 1.82) is 5.26 Å². The number of pyridine rings is 1. The second kappa shape index (κ2) is 6.19. The van der Waals surface area contributed by atoms with Crippen molar-refractivity contribution in [1.82, 2.24) is 19.4 Å². The molecular weight excluding hydrogens is 332 g/mol. The summed E-state index contributed by atoms with van der Waals surface area (Å²) in [5, 5.41) is 15.8. The molecule has 1 atom stereocenters. The van der Waals surface area contributed by atoms with Crippen LogP contribution >= 0.6 is 0 Å². The van der Waals surface area contributed by atoms with E-state index in [2.05, 4.69) is 21.7 Å². The standard InChI is InChI=1S/C18H18N6O2/c1-11-17(12(2)26-22-11)13-3-4-16-20-15(9-24(16)8-13)21-18(25)14-5-6-23(7-14)10-19/h3-4,8-9,14H,5-7H2,1-2H3,(H,21,25)/t14-/m0/s1. The highest BCUT2D eigenvalue weighted by molar-refractivity contribution is 5.92. The van der Waals surface area contributed by atoms with E-state index < -0.39 is 0 Å². The van der Waals surface area contributed by atoms with Crippen LogP contribution in [0.3, 0.4) is 0 Å². The van der Waals surface area contributed by atoms with Crippen LogP contribution in [-0.4, -0.2) is 38.4 Å². The van der Waals surface area contributed by atoms with Gasteiger partial charge in [-0.2, -0.15) is 5.26 Å². The number of aryl methyl sites for hydroxylation is 2. The van der Waals surface area contributed by atoms with Crippen molar-refractivity contribution in [2.45, 2.75) is 20.3 Å². The Morgan fingerprint density at radius 1 is 1.38 bits per heavy atom. The van der Waals surface area contributed by atoms with E-state index in [1.807, 2.05) is 36.6 Å². The van der Waals surface area contributed by atoms with Crippen LogP contribution in [0.2, 0.25) is 0 Å². The summed E-state index contributed by atoms with van der Waals surface area (Å²) in [5.74, 6) is 0.981. The molecule has 1 aliphatic rings. The van der Waals surface area contributed by atoms with Crippen molar-refractivity contribution in [2.75, 3.05) is 18.4 Å². The third-order valence-corrected chi connectivity index (χ3v) is 4.72. The smallest absolute Gasteiger partial charge is 0.230 e. The molecule has 1 saturated heterocycles. The van der Waals surface area contributed by atoms with Gasteiger partial charge in [-0.15, -0.1) is 0 Å². The number of nitrogens with zero attached hydrogens (tertiary/aromatic N) is 5. The van der Waals surface area contributed by atoms with Crippen molar-refractivity contribution in [3.05, 3.63) is 36.0 Å². The Hall–Kier alpha value is -3.34. The number of amides is 1. The Kier molecular flexibility index (Phi) is 3.84. The van der Waals surface area contributed by atoms with Crippen LogP contribution < -0.4 is 5.32 Å². The average molecular weight is 350 g/mol. The molecule has 132 valence electrons. The van der Waals surface area contributed by atoms with Crippen molar-refractivity contribution in [3.63, 3.8) is 0 Å². The van der Waals surface area contributed by atoms with Crippen LogP contribution in [0.25, 0.3) is 16.8 Å². The summed E-state index contributed by atoms with van der Waals surface area (Å²) in [6.07, 6.45) is 6.49. The monoisotopic (exact) mass is 350 g/mol. The summed E-state index contributed by atoms with van der Waals surface area (Å²) >= 11 is 0. The maximum absolute atomic E-state index is 12.4. The highest BCUT2D eigenvalue weighted by atomic mass is 16.5. The first-order valence-electron chi connectivity index (χ1n) is 8.42. The summed E-state index contributed by atoms with van der Waals surface area (Å²) in [7, 11) is 0. The number of carbonyl (C=O) groups excluding carboxylic acids is 1. The number of nitriles is 1. The number of hydrogen-bond acceptors (Lipinski definition) is 6. The molecule has 3 aromatic heterocycles. The molecule has 26 heavy (non-hydrogen) atoms. The molecule has 0 saturated carbocycles. The van der Waals surface area contributed by atoms with Gasteiger partial charge in [-0.3, -0.25) is 4.79 Å². The third-order valence-electron chi connectivity index (χ3n) is 4.72. The Morgan fingerprint density at radius 3 is 2.92 bits per heavy atom. The SMILES string of the molecule is Cc1noc(C)c1-c1ccc2nc(NC(=O)[C@H]3CCN(C#N)C3)cn2c1. The first kappa shape index (κ1) is 16.1. The van der Waals surface area contributed by atoms with Crippen LogP contribution in [0.1, 0.15) is 17.9 Å². The van der Waals surface area contributed by atoms with Gasteiger partial charge in [0.1, 0.15) is 11.4 Å². The number of likely N-dealkylation sites (tertiary alicyclic amines) is 1. The molecule has 0 radical (unpaired) electrons. The lowest BCUT2D eigenvalue weighted by Gasteiger charge is -2.08. The van der Waals surface area contributed by atoms with Crippen molar-refractivity contribution in [2.24, 2.45) is 5.92 Å². The lowest BCUT2D eigenvalue weighted by Crippen LogP contribution is -2.25. The van der Waals surface area contributed by atoms with E-state index in [1.54, 1.807) is 11.1 Å². The maximum Gasteiger partial charge on any atom is 0.230 e. The van der Waals surface area contributed by atoms with Crippen LogP contribution in [-0.2, 0) is 4.79 Å². The van der Waals surface area contributed by atoms with Gasteiger partial charge in [-0.25, -0.2) is 4.98 Å². The Morgan fingerprint density at radius 2 is 2.23 bits per heavy atom. The normalized spacial score (nSPS) is 16.8. The fourth-order valence-electron chi connectivity index (χ4n) is 3.39. The molecule has 0 spiro atoms. The number of aromatic nitrogens is 3. The van der Waals surface area contributed by atoms with Gasteiger partial charge in [-0.1, -0.05) is 5.16 Å². The molecule has 8 heteroatoms. The molecular formula is C18H18N6O2. The summed E-state index contributed by atoms with van der Waals surface area (Å²) in [6, 6.07) is 3.85. The topological polar surface area (TPSA) is 99.5 Å². The highest BCUT2D eigenvalue weighted by Crippen LogP contribution is 2.27. The van der Waals surface area contributed by atoms with E-state index in [-0.39, 0.29) is 11.8 Å². The first-order chi connectivity index (χ1) is 12.5. The molecule has 4 heterocycles. The summed E-state index contributed by atoms with van der Waals surface area (Å²) in [6.45, 7) is 4.87. The van der Waals surface area contributed by atoms with Crippen LogP contribution in [0.4, 0.5) is 5.82 Å². The van der Waals surface area contributed by atoms with Gasteiger partial charge in [0.25, 0.3) is 0 Å². The van der Waals surface area contributed by atoms with Gasteiger partial charge < -0.3 is 19.1 Å². The van der Waals surface area contributed by atoms with Crippen molar-refractivity contribution >= 4 is 17.4 Å². The number of rotatable bonds is 3. The molecule has 4 rings (SSSR count). The molecule has 0 unspecified atom stereocenters. The van der Waals surface area contributed by atoms with E-state index in [4.69, 9.17) is 9.78 Å². The molecule has 1 N–H and O–H groups in total. The Labute approximate surface area is 150 Å². The summed E-state index contributed by atoms with van der Waals surface area (Å²) in [5.41, 5.74) is 3.51. The van der Waals surface area contributed by atoms with Crippen LogP contribution in [0.15, 0.2) is 29.0 Å². The Balaban J connectivity index is 1.57. The minimum Gasteiger partial charge on any atom is -0.361 e. The van der Waals surface area contributed by atoms with E-state index in [0.29, 0.717) is 25.3 Å². The zero-order valence-corrected chi connectivity index (χ0v) is 14.6. The second-order valence-electron chi connectivity index (χ2n) is 6.53. The van der Waals surface area contributed by atoms with Crippen LogP contribution in [0, 0.1) is 31.2 Å². The summed E-state index contributed by atoms with van der Waals surface area (Å²) < 4.78 is 7.10. The van der Waals surface area contributed by atoms with E-state index >= 15 is 0 Å². The van der Waals surface area contributed by atoms with Gasteiger partial charge >= 0.3 is 0 Å². The Bertz CT molecular complexity index is 1010. The van der Waals surface area contributed by atoms with Gasteiger partial charge in [0.05, 0.1) is 17.8 Å². The molecule has 3 aromatic rings. The number of imidazole rings is 1. The summed E-state index contributed by atoms with van der Waals surface area (Å²) in [4.78, 5) is 18.4. The molecule has 1 fully saturated rings. The molecule has 1 amide bonds. The van der Waals surface area contributed by atoms with Gasteiger partial charge in [0, 0.05) is 30.4 Å². The van der Waals surface area contributed by atoms with E-state index in [1.165, 1.54) is 0 Å². The fourth-order valence-corrected chi connectivity index (χ4v) is 3.39. The maximum atomic E-state index is 12.4. The molecule has 0 aliphatic carbocycles. The molecule has 0 bridgehead atoms. The van der Waals surface area contributed by atoms with Crippen LogP contribution in [0.5, 0.6) is 0 Å². The van der Waals surface area contributed by atoms with E-state index in [9.17, 15) is 4.79 Å². The zero-order chi connectivity index (χ0) is 18.3. The number of anilines is 1. The molecule has 8 nitrogen and oxygen atoms in total. The quantitative estimate of drug-likeness (QED) is 0.728. The highest BCUT2D eigenvalue weighted by Gasteiger charge is 2.28. The predicted octanol–water partition coefficient (Wildman–Crippen LogP) is 2.35. The van der Waals surface area contributed by atoms with E-state index in [0.717, 1.165) is 28.2 Å². The predicted molar refractivity (Wildman–Crippen MR) is 94.1 cm³/mol. The molecule has 0 aromatic carbocycles. The van der Waals surface area contributed by atoms with Gasteiger partial charge in [0.2, 0.25) is 5.91 Å². The number of carbonyl (C=O) groups is 1. The van der Waals surface area contributed by atoms with Crippen molar-refractivity contribution in [3.8, 4) is 17.3 Å². The fraction of sp³-hybridized carbons (Fsp3) is 0.333. The largest absolute Gasteiger partial charge is 0.361 e. The molecule has 1 aliphatic heterocycles. The third kappa shape index (κ3) is 2.77. The lowest BCUT2D eigenvalue weighted by molar-refractivity contribution is -0.119. The number of nitrogens with one attached hydrogen (secondary N) is 1. The van der Waals surface area contributed by atoms with Crippen molar-refractivity contribution < 1.29 is 9.32 Å². The number of hydrogen-bond donors (Lipinski definition) is 1. The lowest BCUT2D eigenvalue weighted by atomic mass is 10.1.